The van der Waals surface area contributed by atoms with Crippen molar-refractivity contribution in [3.05, 3.63) is 59.9 Å². The number of piperidine rings is 1. The van der Waals surface area contributed by atoms with Crippen LogP contribution < -0.4 is 4.90 Å². The predicted molar refractivity (Wildman–Crippen MR) is 99.5 cm³/mol. The van der Waals surface area contributed by atoms with E-state index in [1.807, 2.05) is 36.1 Å². The molecular formula is C20H19FN6. The molecule has 0 unspecified atom stereocenters. The van der Waals surface area contributed by atoms with Gasteiger partial charge in [0.05, 0.1) is 23.1 Å². The topological polar surface area (TPSA) is 70.6 Å². The van der Waals surface area contributed by atoms with Crippen molar-refractivity contribution in [2.45, 2.75) is 18.8 Å². The van der Waals surface area contributed by atoms with Gasteiger partial charge in [0.2, 0.25) is 5.95 Å². The molecule has 0 saturated carbocycles. The molecule has 1 aliphatic heterocycles. The Morgan fingerprint density at radius 2 is 1.96 bits per heavy atom. The van der Waals surface area contributed by atoms with E-state index in [1.54, 1.807) is 6.07 Å². The van der Waals surface area contributed by atoms with E-state index in [-0.39, 0.29) is 0 Å². The van der Waals surface area contributed by atoms with Crippen LogP contribution in [0.2, 0.25) is 0 Å². The van der Waals surface area contributed by atoms with Gasteiger partial charge in [0.15, 0.2) is 0 Å². The molecule has 7 heteroatoms. The van der Waals surface area contributed by atoms with Gasteiger partial charge in [0.25, 0.3) is 0 Å². The Morgan fingerprint density at radius 3 is 2.59 bits per heavy atom. The van der Waals surface area contributed by atoms with Gasteiger partial charge in [-0.05, 0) is 31.0 Å². The predicted octanol–water partition coefficient (Wildman–Crippen LogP) is 3.27. The quantitative estimate of drug-likeness (QED) is 0.669. The number of aryl methyl sites for hydroxylation is 1. The highest BCUT2D eigenvalue weighted by Crippen LogP contribution is 2.37. The van der Waals surface area contributed by atoms with Crippen molar-refractivity contribution in [3.63, 3.8) is 0 Å². The number of hydrogen-bond acceptors (Lipinski definition) is 5. The van der Waals surface area contributed by atoms with Crippen molar-refractivity contribution in [1.82, 2.24) is 20.0 Å². The fourth-order valence-corrected chi connectivity index (χ4v) is 3.81. The van der Waals surface area contributed by atoms with Gasteiger partial charge in [-0.3, -0.25) is 4.68 Å². The Labute approximate surface area is 156 Å². The van der Waals surface area contributed by atoms with E-state index < -0.39 is 5.95 Å². The normalized spacial score (nSPS) is 14.9. The average Bonchev–Trinajstić information content (AvgIpc) is 3.14. The first-order valence-electron chi connectivity index (χ1n) is 8.92. The molecule has 1 saturated heterocycles. The molecule has 1 aromatic carbocycles. The van der Waals surface area contributed by atoms with Gasteiger partial charge in [0.1, 0.15) is 6.07 Å². The average molecular weight is 362 g/mol. The minimum absolute atomic E-state index is 0.409. The molecule has 3 heterocycles. The lowest BCUT2D eigenvalue weighted by Crippen LogP contribution is -2.34. The number of aromatic nitrogens is 4. The van der Waals surface area contributed by atoms with Gasteiger partial charge < -0.3 is 4.90 Å². The third kappa shape index (κ3) is 3.26. The van der Waals surface area contributed by atoms with Gasteiger partial charge in [-0.1, -0.05) is 17.3 Å². The fourth-order valence-electron chi connectivity index (χ4n) is 3.81. The summed E-state index contributed by atoms with van der Waals surface area (Å²) in [5, 5.41) is 17.6. The van der Waals surface area contributed by atoms with Crippen LogP contribution in [0.1, 0.15) is 30.0 Å². The smallest absolute Gasteiger partial charge is 0.212 e. The third-order valence-electron chi connectivity index (χ3n) is 5.17. The van der Waals surface area contributed by atoms with Crippen LogP contribution in [0.3, 0.4) is 0 Å². The summed E-state index contributed by atoms with van der Waals surface area (Å²) in [7, 11) is 1.92. The fraction of sp³-hybridized carbons (Fsp3) is 0.300. The first-order valence-corrected chi connectivity index (χ1v) is 8.92. The van der Waals surface area contributed by atoms with Crippen LogP contribution in [-0.2, 0) is 7.05 Å². The maximum atomic E-state index is 13.2. The summed E-state index contributed by atoms with van der Waals surface area (Å²) in [5.41, 5.74) is 4.38. The summed E-state index contributed by atoms with van der Waals surface area (Å²) in [5.74, 6) is -0.103. The Hall–Kier alpha value is -3.27. The zero-order valence-electron chi connectivity index (χ0n) is 15.0. The van der Waals surface area contributed by atoms with E-state index in [0.717, 1.165) is 48.4 Å². The maximum Gasteiger partial charge on any atom is 0.212 e. The molecule has 6 nitrogen and oxygen atoms in total. The molecule has 0 amide bonds. The van der Waals surface area contributed by atoms with E-state index in [1.165, 1.54) is 12.3 Å². The first-order chi connectivity index (χ1) is 13.2. The summed E-state index contributed by atoms with van der Waals surface area (Å²) in [6.45, 7) is 1.66. The third-order valence-corrected chi connectivity index (χ3v) is 5.17. The number of hydrogen-bond donors (Lipinski definition) is 0. The van der Waals surface area contributed by atoms with E-state index >= 15 is 0 Å². The van der Waals surface area contributed by atoms with Crippen LogP contribution in [-0.4, -0.2) is 33.1 Å². The Bertz CT molecular complexity index is 980. The highest BCUT2D eigenvalue weighted by Gasteiger charge is 2.26. The van der Waals surface area contributed by atoms with Crippen LogP contribution in [0.25, 0.3) is 11.1 Å². The molecule has 0 aliphatic carbocycles. The molecule has 0 bridgehead atoms. The summed E-state index contributed by atoms with van der Waals surface area (Å²) in [6.07, 6.45) is 5.27. The second-order valence-corrected chi connectivity index (χ2v) is 6.73. The van der Waals surface area contributed by atoms with Gasteiger partial charge in [-0.15, -0.1) is 5.10 Å². The highest BCUT2D eigenvalue weighted by atomic mass is 19.1. The molecule has 1 fully saturated rings. The lowest BCUT2D eigenvalue weighted by Gasteiger charge is -2.35. The van der Waals surface area contributed by atoms with Crippen molar-refractivity contribution in [1.29, 1.82) is 5.26 Å². The van der Waals surface area contributed by atoms with E-state index in [0.29, 0.717) is 11.5 Å². The molecule has 3 aromatic rings. The molecule has 4 rings (SSSR count). The standard InChI is InChI=1S/C20H19FN6/c1-26-18(13-24-25-26)14-7-9-27(10-8-14)20-15(11-22)3-2-4-17(20)16-5-6-19(21)23-12-16/h2-6,12-14H,7-10H2,1H3. The minimum atomic E-state index is -0.512. The SMILES string of the molecule is Cn1nncc1C1CCN(c2c(C#N)cccc2-c2ccc(F)nc2)CC1. The van der Waals surface area contributed by atoms with Gasteiger partial charge in [0, 0.05) is 43.4 Å². The van der Waals surface area contributed by atoms with Crippen molar-refractivity contribution in [2.75, 3.05) is 18.0 Å². The monoisotopic (exact) mass is 362 g/mol. The van der Waals surface area contributed by atoms with Crippen molar-refractivity contribution in [2.24, 2.45) is 7.05 Å². The van der Waals surface area contributed by atoms with E-state index in [9.17, 15) is 9.65 Å². The number of anilines is 1. The van der Waals surface area contributed by atoms with Crippen molar-refractivity contribution < 1.29 is 4.39 Å². The maximum absolute atomic E-state index is 13.2. The zero-order chi connectivity index (χ0) is 18.8. The summed E-state index contributed by atoms with van der Waals surface area (Å²) in [6, 6.07) is 11.0. The molecule has 0 spiro atoms. The van der Waals surface area contributed by atoms with Crippen molar-refractivity contribution >= 4 is 5.69 Å². The Balaban J connectivity index is 1.65. The van der Waals surface area contributed by atoms with Crippen LogP contribution >= 0.6 is 0 Å². The molecule has 0 N–H and O–H groups in total. The molecular weight excluding hydrogens is 343 g/mol. The molecule has 136 valence electrons. The Morgan fingerprint density at radius 1 is 1.15 bits per heavy atom. The molecule has 0 atom stereocenters. The molecule has 2 aromatic heterocycles. The number of pyridine rings is 1. The van der Waals surface area contributed by atoms with Gasteiger partial charge in [-0.25, -0.2) is 4.98 Å². The minimum Gasteiger partial charge on any atom is -0.370 e. The number of nitrogens with zero attached hydrogens (tertiary/aromatic N) is 6. The summed E-state index contributed by atoms with van der Waals surface area (Å²) < 4.78 is 15.1. The first kappa shape index (κ1) is 17.2. The lowest BCUT2D eigenvalue weighted by molar-refractivity contribution is 0.476. The van der Waals surface area contributed by atoms with E-state index in [4.69, 9.17) is 0 Å². The number of rotatable bonds is 3. The van der Waals surface area contributed by atoms with Crippen LogP contribution in [0, 0.1) is 17.3 Å². The second-order valence-electron chi connectivity index (χ2n) is 6.73. The van der Waals surface area contributed by atoms with Gasteiger partial charge in [-0.2, -0.15) is 9.65 Å². The second kappa shape index (κ2) is 7.16. The summed E-state index contributed by atoms with van der Waals surface area (Å²) in [4.78, 5) is 6.02. The highest BCUT2D eigenvalue weighted by molar-refractivity contribution is 5.82. The van der Waals surface area contributed by atoms with Crippen molar-refractivity contribution in [3.8, 4) is 17.2 Å². The molecule has 0 radical (unpaired) electrons. The summed E-state index contributed by atoms with van der Waals surface area (Å²) >= 11 is 0. The number of para-hydroxylation sites is 1. The lowest BCUT2D eigenvalue weighted by atomic mass is 9.92. The van der Waals surface area contributed by atoms with Gasteiger partial charge >= 0.3 is 0 Å². The largest absolute Gasteiger partial charge is 0.370 e. The number of halogens is 1. The van der Waals surface area contributed by atoms with Crippen LogP contribution in [0.4, 0.5) is 10.1 Å². The molecule has 1 aliphatic rings. The van der Waals surface area contributed by atoms with Crippen LogP contribution in [0.5, 0.6) is 0 Å². The number of benzene rings is 1. The van der Waals surface area contributed by atoms with Crippen LogP contribution in [0.15, 0.2) is 42.7 Å². The Kier molecular flexibility index (Phi) is 4.55. The molecule has 27 heavy (non-hydrogen) atoms. The zero-order valence-corrected chi connectivity index (χ0v) is 15.0. The van der Waals surface area contributed by atoms with E-state index in [2.05, 4.69) is 26.3 Å². The number of nitriles is 1.